The van der Waals surface area contributed by atoms with Crippen LogP contribution in [0.4, 0.5) is 4.39 Å². The lowest BCUT2D eigenvalue weighted by Crippen LogP contribution is -2.33. The molecule has 2 aromatic heterocycles. The Morgan fingerprint density at radius 2 is 2.02 bits per heavy atom. The van der Waals surface area contributed by atoms with E-state index >= 15 is 0 Å². The number of aliphatic hydroxyl groups excluding tert-OH is 1. The van der Waals surface area contributed by atoms with E-state index in [1.807, 2.05) is 17.5 Å². The van der Waals surface area contributed by atoms with Crippen molar-refractivity contribution in [1.29, 1.82) is 0 Å². The molecule has 2 aliphatic heterocycles. The van der Waals surface area contributed by atoms with E-state index in [1.165, 1.54) is 23.0 Å². The second-order valence-corrected chi connectivity index (χ2v) is 12.2. The van der Waals surface area contributed by atoms with Crippen LogP contribution in [0.25, 0.3) is 16.6 Å². The zero-order valence-electron chi connectivity index (χ0n) is 23.7. The molecule has 8 nitrogen and oxygen atoms in total. The van der Waals surface area contributed by atoms with Crippen LogP contribution in [0.2, 0.25) is 0 Å². The maximum Gasteiger partial charge on any atom is 0.274 e. The van der Waals surface area contributed by atoms with Gasteiger partial charge < -0.3 is 24.3 Å². The second-order valence-electron chi connectivity index (χ2n) is 11.4. The summed E-state index contributed by atoms with van der Waals surface area (Å²) < 4.78 is 28.3. The molecule has 4 heterocycles. The van der Waals surface area contributed by atoms with Crippen LogP contribution in [0.3, 0.4) is 0 Å². The van der Waals surface area contributed by atoms with E-state index < -0.39 is 6.29 Å². The molecule has 1 aliphatic carbocycles. The molecular weight excluding hydrogens is 567 g/mol. The Balaban J connectivity index is 0.986. The Kier molecular flexibility index (Phi) is 7.99. The minimum absolute atomic E-state index is 0.119. The van der Waals surface area contributed by atoms with Gasteiger partial charge >= 0.3 is 0 Å². The van der Waals surface area contributed by atoms with Crippen LogP contribution in [0.5, 0.6) is 5.19 Å². The number of thiazole rings is 1. The Bertz CT molecular complexity index is 1730. The van der Waals surface area contributed by atoms with Gasteiger partial charge in [0, 0.05) is 47.7 Å². The molecule has 222 valence electrons. The average molecular weight is 601 g/mol. The Hall–Kier alpha value is -3.59. The number of imidazole rings is 1. The minimum Gasteiger partial charge on any atom is -0.465 e. The lowest BCUT2D eigenvalue weighted by Gasteiger charge is -2.29. The van der Waals surface area contributed by atoms with Crippen molar-refractivity contribution in [1.82, 2.24) is 19.4 Å². The number of benzene rings is 2. The molecule has 2 aromatic carbocycles. The van der Waals surface area contributed by atoms with Crippen molar-refractivity contribution in [2.45, 2.75) is 57.8 Å². The van der Waals surface area contributed by atoms with Gasteiger partial charge in [0.1, 0.15) is 18.2 Å². The van der Waals surface area contributed by atoms with Gasteiger partial charge in [-0.2, -0.15) is 0 Å². The summed E-state index contributed by atoms with van der Waals surface area (Å²) in [6.07, 6.45) is 4.96. The maximum absolute atomic E-state index is 14.6. The predicted octanol–water partition coefficient (Wildman–Crippen LogP) is 5.03. The number of nitrogens with zero attached hydrogens (tertiary/aromatic N) is 4. The zero-order valence-corrected chi connectivity index (χ0v) is 24.5. The van der Waals surface area contributed by atoms with Crippen molar-refractivity contribution in [3.63, 3.8) is 0 Å². The number of aliphatic hydroxyl groups is 2. The summed E-state index contributed by atoms with van der Waals surface area (Å²) in [5.74, 6) is 7.32. The first-order valence-corrected chi connectivity index (χ1v) is 15.6. The van der Waals surface area contributed by atoms with E-state index in [4.69, 9.17) is 14.5 Å². The van der Waals surface area contributed by atoms with Crippen molar-refractivity contribution < 1.29 is 24.1 Å². The largest absolute Gasteiger partial charge is 0.465 e. The first kappa shape index (κ1) is 28.2. The van der Waals surface area contributed by atoms with Gasteiger partial charge in [0.15, 0.2) is 6.29 Å². The fourth-order valence-corrected chi connectivity index (χ4v) is 6.05. The molecule has 3 aliphatic rings. The maximum atomic E-state index is 14.6. The van der Waals surface area contributed by atoms with Crippen molar-refractivity contribution in [2.24, 2.45) is 5.92 Å². The average Bonchev–Trinajstić information content (AvgIpc) is 3.59. The van der Waals surface area contributed by atoms with E-state index in [0.717, 1.165) is 67.9 Å². The van der Waals surface area contributed by atoms with E-state index in [2.05, 4.69) is 32.4 Å². The summed E-state index contributed by atoms with van der Waals surface area (Å²) in [5.41, 5.74) is 5.42. The molecule has 0 spiro atoms. The topological polar surface area (TPSA) is 92.9 Å². The third-order valence-corrected chi connectivity index (χ3v) is 8.95. The van der Waals surface area contributed by atoms with Gasteiger partial charge in [0.25, 0.3) is 5.19 Å². The number of fused-ring (bicyclic) bond motifs is 1. The van der Waals surface area contributed by atoms with Crippen LogP contribution < -0.4 is 4.74 Å². The molecule has 4 aromatic rings. The van der Waals surface area contributed by atoms with Crippen LogP contribution in [-0.4, -0.2) is 55.4 Å². The highest BCUT2D eigenvalue weighted by Gasteiger charge is 2.24. The monoisotopic (exact) mass is 600 g/mol. The van der Waals surface area contributed by atoms with Crippen LogP contribution in [-0.2, 0) is 24.4 Å². The number of halogens is 1. The summed E-state index contributed by atoms with van der Waals surface area (Å²) in [5, 5.41) is 21.9. The van der Waals surface area contributed by atoms with Gasteiger partial charge in [-0.05, 0) is 55.5 Å². The van der Waals surface area contributed by atoms with E-state index in [9.17, 15) is 14.6 Å². The molecule has 1 saturated heterocycles. The smallest absolute Gasteiger partial charge is 0.274 e. The van der Waals surface area contributed by atoms with Crippen LogP contribution in [0.1, 0.15) is 60.2 Å². The second kappa shape index (κ2) is 12.2. The quantitative estimate of drug-likeness (QED) is 0.206. The van der Waals surface area contributed by atoms with Gasteiger partial charge in [-0.3, -0.25) is 4.90 Å². The summed E-state index contributed by atoms with van der Waals surface area (Å²) >= 11 is 1.42. The highest BCUT2D eigenvalue weighted by molar-refractivity contribution is 7.11. The van der Waals surface area contributed by atoms with Gasteiger partial charge in [-0.25, -0.2) is 14.4 Å². The number of aromatic nitrogens is 3. The summed E-state index contributed by atoms with van der Waals surface area (Å²) in [7, 11) is 0. The highest BCUT2D eigenvalue weighted by atomic mass is 32.1. The molecule has 0 bridgehead atoms. The molecule has 10 heteroatoms. The van der Waals surface area contributed by atoms with Crippen molar-refractivity contribution >= 4 is 27.9 Å². The predicted molar refractivity (Wildman–Crippen MR) is 162 cm³/mol. The van der Waals surface area contributed by atoms with Crippen LogP contribution in [0, 0.1) is 23.6 Å². The molecule has 0 amide bonds. The van der Waals surface area contributed by atoms with E-state index in [-0.39, 0.29) is 18.5 Å². The molecule has 7 rings (SSSR count). The Morgan fingerprint density at radius 1 is 1.14 bits per heavy atom. The van der Waals surface area contributed by atoms with E-state index in [1.54, 1.807) is 18.2 Å². The normalized spacial score (nSPS) is 18.8. The fraction of sp³-hybridized carbons (Fsp3) is 0.394. The zero-order chi connectivity index (χ0) is 29.3. The van der Waals surface area contributed by atoms with Gasteiger partial charge in [0.05, 0.1) is 35.9 Å². The summed E-state index contributed by atoms with van der Waals surface area (Å²) in [6, 6.07) is 10.4. The SMILES string of the molecule is OC(O)c1ccc2nc(CN3CC=C(c4csc(OCc5ccc(C#CC6CC6)cc5F)n4)CC3)n(C[C@@H]3CCO3)c2c1. The van der Waals surface area contributed by atoms with Crippen LogP contribution in [0.15, 0.2) is 47.9 Å². The fourth-order valence-electron chi connectivity index (χ4n) is 5.36. The summed E-state index contributed by atoms with van der Waals surface area (Å²) in [6.45, 7) is 3.86. The molecule has 43 heavy (non-hydrogen) atoms. The van der Waals surface area contributed by atoms with Gasteiger partial charge in [0.2, 0.25) is 0 Å². The highest BCUT2D eigenvalue weighted by Crippen LogP contribution is 2.30. The molecule has 2 fully saturated rings. The molecule has 1 atom stereocenters. The first-order chi connectivity index (χ1) is 21.0. The summed E-state index contributed by atoms with van der Waals surface area (Å²) in [4.78, 5) is 11.9. The lowest BCUT2D eigenvalue weighted by atomic mass is 10.1. The van der Waals surface area contributed by atoms with Gasteiger partial charge in [-0.1, -0.05) is 41.4 Å². The van der Waals surface area contributed by atoms with Gasteiger partial charge in [-0.15, -0.1) is 0 Å². The third-order valence-electron chi connectivity index (χ3n) is 8.20. The minimum atomic E-state index is -1.53. The van der Waals surface area contributed by atoms with Crippen molar-refractivity contribution in [3.8, 4) is 17.0 Å². The standard InChI is InChI=1S/C33H33FN4O4S/c34-27-15-22(4-3-21-1-2-21)5-6-25(27)19-42-33-36-29(20-43-33)23-9-12-37(13-10-23)18-31-35-28-8-7-24(32(39)40)16-30(28)38(31)17-26-11-14-41-26/h5-9,15-16,20-21,26,32,39-40H,1-2,10-14,17-19H2/t26-/m0/s1. The molecular formula is C33H33FN4O4S. The Labute approximate surface area is 253 Å². The third kappa shape index (κ3) is 6.51. The number of rotatable bonds is 9. The number of hydrogen-bond acceptors (Lipinski definition) is 8. The number of ether oxygens (including phenoxy) is 2. The van der Waals surface area contributed by atoms with Crippen LogP contribution >= 0.6 is 11.3 Å². The first-order valence-electron chi connectivity index (χ1n) is 14.8. The Morgan fingerprint density at radius 3 is 2.74 bits per heavy atom. The number of hydrogen-bond donors (Lipinski definition) is 2. The molecule has 0 radical (unpaired) electrons. The lowest BCUT2D eigenvalue weighted by molar-refractivity contribution is -0.0592. The van der Waals surface area contributed by atoms with E-state index in [0.29, 0.717) is 40.9 Å². The van der Waals surface area contributed by atoms with Crippen molar-refractivity contribution in [3.05, 3.63) is 81.9 Å². The molecule has 1 saturated carbocycles. The van der Waals surface area contributed by atoms with Crippen molar-refractivity contribution in [2.75, 3.05) is 19.7 Å². The molecule has 2 N–H and O–H groups in total. The molecule has 0 unspecified atom stereocenters.